The van der Waals surface area contributed by atoms with Gasteiger partial charge in [-0.15, -0.1) is 0 Å². The Balaban J connectivity index is 1.81. The van der Waals surface area contributed by atoms with E-state index in [1.165, 1.54) is 12.1 Å². The zero-order chi connectivity index (χ0) is 18.5. The second-order valence-corrected chi connectivity index (χ2v) is 6.16. The molecule has 1 N–H and O–H groups in total. The Morgan fingerprint density at radius 1 is 1.08 bits per heavy atom. The molecule has 0 saturated heterocycles. The summed E-state index contributed by atoms with van der Waals surface area (Å²) in [4.78, 5) is 12.3. The number of hydrogen-bond acceptors (Lipinski definition) is 3. The molecule has 0 fully saturated rings. The zero-order valence-electron chi connectivity index (χ0n) is 13.4. The third-order valence-electron chi connectivity index (χ3n) is 3.52. The first-order chi connectivity index (χ1) is 12.6. The van der Waals surface area contributed by atoms with Crippen LogP contribution in [0.4, 0.5) is 5.69 Å². The monoisotopic (exact) mass is 382 g/mol. The largest absolute Gasteiger partial charge is 0.457 e. The summed E-state index contributed by atoms with van der Waals surface area (Å²) in [6.45, 7) is 0. The van der Waals surface area contributed by atoms with Crippen molar-refractivity contribution in [1.29, 1.82) is 5.26 Å². The standard InChI is InChI=1S/C20H12Cl2N2O2/c21-15-6-8-18(17(22)11-15)24-20(25)14(12-23)10-16-7-9-19(26-16)13-4-2-1-3-5-13/h1-11H,(H,24,25)/b14-10+. The van der Waals surface area contributed by atoms with E-state index < -0.39 is 5.91 Å². The van der Waals surface area contributed by atoms with Gasteiger partial charge < -0.3 is 9.73 Å². The highest BCUT2D eigenvalue weighted by Crippen LogP contribution is 2.26. The molecule has 0 saturated carbocycles. The summed E-state index contributed by atoms with van der Waals surface area (Å²) in [5.74, 6) is 0.461. The van der Waals surface area contributed by atoms with Crippen molar-refractivity contribution in [2.45, 2.75) is 0 Å². The van der Waals surface area contributed by atoms with Crippen LogP contribution in [-0.4, -0.2) is 5.91 Å². The van der Waals surface area contributed by atoms with Gasteiger partial charge in [-0.2, -0.15) is 5.26 Å². The van der Waals surface area contributed by atoms with Crippen molar-refractivity contribution >= 4 is 40.9 Å². The van der Waals surface area contributed by atoms with Gasteiger partial charge in [-0.1, -0.05) is 53.5 Å². The van der Waals surface area contributed by atoms with Gasteiger partial charge in [0.15, 0.2) is 0 Å². The zero-order valence-corrected chi connectivity index (χ0v) is 14.9. The molecule has 4 nitrogen and oxygen atoms in total. The molecule has 0 unspecified atom stereocenters. The van der Waals surface area contributed by atoms with Gasteiger partial charge >= 0.3 is 0 Å². The van der Waals surface area contributed by atoms with E-state index in [1.807, 2.05) is 36.4 Å². The number of halogens is 2. The van der Waals surface area contributed by atoms with E-state index in [-0.39, 0.29) is 10.6 Å². The number of hydrogen-bond donors (Lipinski definition) is 1. The molecule has 0 radical (unpaired) electrons. The number of nitriles is 1. The molecule has 0 aliphatic carbocycles. The molecule has 0 aliphatic heterocycles. The van der Waals surface area contributed by atoms with Crippen LogP contribution in [0.3, 0.4) is 0 Å². The first-order valence-electron chi connectivity index (χ1n) is 7.60. The summed E-state index contributed by atoms with van der Waals surface area (Å²) in [7, 11) is 0. The number of rotatable bonds is 4. The third kappa shape index (κ3) is 4.15. The molecular weight excluding hydrogens is 371 g/mol. The summed E-state index contributed by atoms with van der Waals surface area (Å²) < 4.78 is 5.69. The Kier molecular flexibility index (Phi) is 5.43. The Bertz CT molecular complexity index is 1020. The Labute approximate surface area is 160 Å². The molecule has 128 valence electrons. The molecule has 1 heterocycles. The number of nitrogens with zero attached hydrogens (tertiary/aromatic N) is 1. The van der Waals surface area contributed by atoms with Crippen LogP contribution in [0, 0.1) is 11.3 Å². The maximum atomic E-state index is 12.3. The minimum Gasteiger partial charge on any atom is -0.457 e. The highest BCUT2D eigenvalue weighted by molar-refractivity contribution is 6.36. The van der Waals surface area contributed by atoms with Crippen molar-refractivity contribution in [1.82, 2.24) is 0 Å². The minimum atomic E-state index is -0.589. The lowest BCUT2D eigenvalue weighted by Gasteiger charge is -2.06. The predicted octanol–water partition coefficient (Wildman–Crippen LogP) is 5.80. The van der Waals surface area contributed by atoms with E-state index in [1.54, 1.807) is 24.3 Å². The molecule has 0 spiro atoms. The molecule has 0 bridgehead atoms. The van der Waals surface area contributed by atoms with Gasteiger partial charge in [0.05, 0.1) is 10.7 Å². The van der Waals surface area contributed by atoms with E-state index in [0.717, 1.165) is 5.56 Å². The van der Waals surface area contributed by atoms with Crippen LogP contribution in [0.25, 0.3) is 17.4 Å². The first-order valence-corrected chi connectivity index (χ1v) is 8.36. The van der Waals surface area contributed by atoms with Crippen molar-refractivity contribution in [3.63, 3.8) is 0 Å². The van der Waals surface area contributed by atoms with Crippen LogP contribution in [0.15, 0.2) is 70.7 Å². The maximum Gasteiger partial charge on any atom is 0.266 e. The molecule has 6 heteroatoms. The number of nitrogens with one attached hydrogen (secondary N) is 1. The minimum absolute atomic E-state index is 0.107. The van der Waals surface area contributed by atoms with Crippen molar-refractivity contribution in [2.24, 2.45) is 0 Å². The average Bonchev–Trinajstić information content (AvgIpc) is 3.11. The average molecular weight is 383 g/mol. The van der Waals surface area contributed by atoms with Crippen LogP contribution >= 0.6 is 23.2 Å². The lowest BCUT2D eigenvalue weighted by atomic mass is 10.2. The van der Waals surface area contributed by atoms with Crippen molar-refractivity contribution in [3.8, 4) is 17.4 Å². The first kappa shape index (κ1) is 17.8. The van der Waals surface area contributed by atoms with Gasteiger partial charge in [0.1, 0.15) is 23.2 Å². The van der Waals surface area contributed by atoms with Crippen LogP contribution < -0.4 is 5.32 Å². The van der Waals surface area contributed by atoms with Crippen LogP contribution in [0.5, 0.6) is 0 Å². The topological polar surface area (TPSA) is 66.0 Å². The maximum absolute atomic E-state index is 12.3. The fraction of sp³-hybridized carbons (Fsp3) is 0. The molecule has 2 aromatic carbocycles. The number of carbonyl (C=O) groups is 1. The van der Waals surface area contributed by atoms with Gasteiger partial charge in [0.2, 0.25) is 0 Å². The summed E-state index contributed by atoms with van der Waals surface area (Å²) in [6, 6.07) is 19.5. The predicted molar refractivity (Wildman–Crippen MR) is 103 cm³/mol. The number of furan rings is 1. The van der Waals surface area contributed by atoms with Crippen LogP contribution in [0.2, 0.25) is 10.0 Å². The normalized spacial score (nSPS) is 11.0. The van der Waals surface area contributed by atoms with E-state index in [4.69, 9.17) is 27.6 Å². The van der Waals surface area contributed by atoms with E-state index >= 15 is 0 Å². The third-order valence-corrected chi connectivity index (χ3v) is 4.06. The fourth-order valence-electron chi connectivity index (χ4n) is 2.26. The molecule has 0 atom stereocenters. The second kappa shape index (κ2) is 7.92. The molecule has 1 aromatic heterocycles. The van der Waals surface area contributed by atoms with Crippen LogP contribution in [0.1, 0.15) is 5.76 Å². The molecule has 0 aliphatic rings. The van der Waals surface area contributed by atoms with Gasteiger partial charge in [-0.3, -0.25) is 4.79 Å². The summed E-state index contributed by atoms with van der Waals surface area (Å²) in [5.41, 5.74) is 1.17. The van der Waals surface area contributed by atoms with Crippen molar-refractivity contribution < 1.29 is 9.21 Å². The van der Waals surface area contributed by atoms with Crippen molar-refractivity contribution in [2.75, 3.05) is 5.32 Å². The summed E-state index contributed by atoms with van der Waals surface area (Å²) in [5, 5.41) is 12.6. The van der Waals surface area contributed by atoms with Gasteiger partial charge in [-0.05, 0) is 30.3 Å². The number of benzene rings is 2. The molecular formula is C20H12Cl2N2O2. The highest BCUT2D eigenvalue weighted by Gasteiger charge is 2.13. The molecule has 3 rings (SSSR count). The van der Waals surface area contributed by atoms with E-state index in [2.05, 4.69) is 5.32 Å². The van der Waals surface area contributed by atoms with Gasteiger partial charge in [-0.25, -0.2) is 0 Å². The SMILES string of the molecule is N#C/C(=C\c1ccc(-c2ccccc2)o1)C(=O)Nc1ccc(Cl)cc1Cl. The summed E-state index contributed by atoms with van der Waals surface area (Å²) in [6.07, 6.45) is 1.38. The van der Waals surface area contributed by atoms with Gasteiger partial charge in [0.25, 0.3) is 5.91 Å². The smallest absolute Gasteiger partial charge is 0.266 e. The lowest BCUT2D eigenvalue weighted by Crippen LogP contribution is -2.13. The van der Waals surface area contributed by atoms with Crippen molar-refractivity contribution in [3.05, 3.63) is 82.0 Å². The van der Waals surface area contributed by atoms with Crippen LogP contribution in [-0.2, 0) is 4.79 Å². The molecule has 3 aromatic rings. The Hall–Kier alpha value is -3.00. The quantitative estimate of drug-likeness (QED) is 0.457. The summed E-state index contributed by atoms with van der Waals surface area (Å²) >= 11 is 11.9. The number of anilines is 1. The van der Waals surface area contributed by atoms with Gasteiger partial charge in [0, 0.05) is 16.7 Å². The second-order valence-electron chi connectivity index (χ2n) is 5.32. The number of amides is 1. The fourth-order valence-corrected chi connectivity index (χ4v) is 2.72. The Morgan fingerprint density at radius 3 is 2.54 bits per heavy atom. The van der Waals surface area contributed by atoms with E-state index in [9.17, 15) is 10.1 Å². The Morgan fingerprint density at radius 2 is 1.85 bits per heavy atom. The number of carbonyl (C=O) groups excluding carboxylic acids is 1. The lowest BCUT2D eigenvalue weighted by molar-refractivity contribution is -0.112. The molecule has 26 heavy (non-hydrogen) atoms. The highest BCUT2D eigenvalue weighted by atomic mass is 35.5. The van der Waals surface area contributed by atoms with E-state index in [0.29, 0.717) is 22.2 Å². The molecule has 1 amide bonds.